The van der Waals surface area contributed by atoms with Crippen molar-refractivity contribution in [2.75, 3.05) is 38.0 Å². The van der Waals surface area contributed by atoms with Gasteiger partial charge in [0.2, 0.25) is 11.8 Å². The number of benzene rings is 2. The highest BCUT2D eigenvalue weighted by Gasteiger charge is 2.32. The highest BCUT2D eigenvalue weighted by molar-refractivity contribution is 7.15. The normalized spacial score (nSPS) is 20.3. The third-order valence-corrected chi connectivity index (χ3v) is 10.9. The maximum atomic E-state index is 12.1. The molecule has 0 radical (unpaired) electrons. The number of carbonyl (C=O) groups excluding carboxylic acids is 2. The Morgan fingerprint density at radius 3 is 2.40 bits per heavy atom. The number of aromatic nitrogens is 3. The summed E-state index contributed by atoms with van der Waals surface area (Å²) in [5, 5.41) is 16.7. The van der Waals surface area contributed by atoms with Crippen LogP contribution in [0, 0.1) is 20.8 Å². The predicted octanol–water partition coefficient (Wildman–Crippen LogP) is 5.22. The van der Waals surface area contributed by atoms with E-state index in [1.807, 2.05) is 31.2 Å². The third-order valence-electron chi connectivity index (χ3n) is 9.48. The summed E-state index contributed by atoms with van der Waals surface area (Å²) >= 11 is 8.05. The molecule has 10 nitrogen and oxygen atoms in total. The van der Waals surface area contributed by atoms with Crippen molar-refractivity contribution in [1.29, 1.82) is 0 Å². The summed E-state index contributed by atoms with van der Waals surface area (Å²) in [4.78, 5) is 35.2. The van der Waals surface area contributed by atoms with Crippen LogP contribution in [0.2, 0.25) is 5.02 Å². The number of hydrogen-bond acceptors (Lipinski definition) is 9. The first-order chi connectivity index (χ1) is 22.7. The molecule has 4 aromatic rings. The molecule has 47 heavy (non-hydrogen) atoms. The van der Waals surface area contributed by atoms with Crippen LogP contribution < -0.4 is 10.6 Å². The number of nitrogens with zero attached hydrogens (tertiary/aromatic N) is 6. The van der Waals surface area contributed by atoms with Crippen molar-refractivity contribution in [3.05, 3.63) is 92.3 Å². The zero-order valence-corrected chi connectivity index (χ0v) is 28.5. The molecule has 7 rings (SSSR count). The van der Waals surface area contributed by atoms with Crippen molar-refractivity contribution < 1.29 is 9.59 Å². The largest absolute Gasteiger partial charge is 0.374 e. The van der Waals surface area contributed by atoms with E-state index in [4.69, 9.17) is 16.6 Å². The summed E-state index contributed by atoms with van der Waals surface area (Å²) in [6.07, 6.45) is 1.73. The van der Waals surface area contributed by atoms with Crippen molar-refractivity contribution in [2.45, 2.75) is 58.7 Å². The number of aliphatic imine (C=N–C) groups is 1. The molecule has 2 amide bonds. The average Bonchev–Trinajstić information content (AvgIpc) is 3.54. The Balaban J connectivity index is 0.997. The van der Waals surface area contributed by atoms with Gasteiger partial charge in [-0.1, -0.05) is 35.9 Å². The lowest BCUT2D eigenvalue weighted by Gasteiger charge is -2.35. The molecule has 2 fully saturated rings. The number of fused-ring (bicyclic) bond motifs is 3. The first-order valence-electron chi connectivity index (χ1n) is 16.2. The van der Waals surface area contributed by atoms with Crippen LogP contribution >= 0.6 is 22.9 Å². The van der Waals surface area contributed by atoms with Gasteiger partial charge in [-0.25, -0.2) is 0 Å². The SMILES string of the molecule is Cc1sc2c(c1C)C(c1ccc(Cl)cc1)=N[C@@H](CCN1CCN(Cc3ccc(NC4CCC(=O)NC4=O)cc3)CC1)c1nnc(C)n1-2. The topological polar surface area (TPSA) is 108 Å². The van der Waals surface area contributed by atoms with Crippen LogP contribution in [0.4, 0.5) is 5.69 Å². The minimum atomic E-state index is -0.374. The average molecular weight is 671 g/mol. The van der Waals surface area contributed by atoms with E-state index in [2.05, 4.69) is 73.3 Å². The fraction of sp³-hybridized carbons (Fsp3) is 0.400. The molecular weight excluding hydrogens is 632 g/mol. The van der Waals surface area contributed by atoms with Gasteiger partial charge in [0.05, 0.1) is 5.71 Å². The molecular formula is C35H39ClN8O2S. The number of piperidine rings is 1. The zero-order chi connectivity index (χ0) is 32.7. The molecule has 2 aromatic carbocycles. The molecule has 0 bridgehead atoms. The van der Waals surface area contributed by atoms with E-state index in [1.54, 1.807) is 11.3 Å². The van der Waals surface area contributed by atoms with Crippen LogP contribution in [0.5, 0.6) is 0 Å². The minimum Gasteiger partial charge on any atom is -0.374 e. The van der Waals surface area contributed by atoms with E-state index in [0.717, 1.165) is 84.9 Å². The number of rotatable bonds is 8. The molecule has 3 aliphatic rings. The maximum absolute atomic E-state index is 12.1. The van der Waals surface area contributed by atoms with Gasteiger partial charge in [0.15, 0.2) is 5.82 Å². The summed E-state index contributed by atoms with van der Waals surface area (Å²) in [6, 6.07) is 15.8. The molecule has 12 heteroatoms. The number of hydrogen-bond donors (Lipinski definition) is 2. The summed E-state index contributed by atoms with van der Waals surface area (Å²) in [7, 11) is 0. The quantitative estimate of drug-likeness (QED) is 0.248. The molecule has 2 atom stereocenters. The lowest BCUT2D eigenvalue weighted by atomic mass is 9.99. The number of halogens is 1. The van der Waals surface area contributed by atoms with Crippen molar-refractivity contribution in [3.8, 4) is 5.00 Å². The van der Waals surface area contributed by atoms with Crippen molar-refractivity contribution in [3.63, 3.8) is 0 Å². The van der Waals surface area contributed by atoms with Gasteiger partial charge in [-0.3, -0.25) is 29.4 Å². The summed E-state index contributed by atoms with van der Waals surface area (Å²) < 4.78 is 2.22. The van der Waals surface area contributed by atoms with Crippen LogP contribution in [0.15, 0.2) is 53.5 Å². The Kier molecular flexibility index (Phi) is 8.97. The molecule has 0 saturated carbocycles. The Hall–Kier alpha value is -3.90. The second kappa shape index (κ2) is 13.3. The standard InChI is InChI=1S/C35H39ClN8O2S/c1-21-22(2)47-35-31(21)32(25-6-8-26(36)9-7-25)38-28(33-41-40-23(3)44(33)35)14-15-42-16-18-43(19-17-42)20-24-4-10-27(11-5-24)37-29-12-13-30(45)39-34(29)46/h4-11,28-29,37H,12-20H2,1-3H3,(H,39,45,46)/t28-,29?/m0/s1. The lowest BCUT2D eigenvalue weighted by Crippen LogP contribution is -2.47. The van der Waals surface area contributed by atoms with Gasteiger partial charge in [0.25, 0.3) is 0 Å². The first kappa shape index (κ1) is 31.7. The monoisotopic (exact) mass is 670 g/mol. The summed E-state index contributed by atoms with van der Waals surface area (Å²) in [5.74, 6) is 1.33. The summed E-state index contributed by atoms with van der Waals surface area (Å²) in [5.41, 5.74) is 6.59. The van der Waals surface area contributed by atoms with Gasteiger partial charge >= 0.3 is 0 Å². The van der Waals surface area contributed by atoms with Crippen LogP contribution in [-0.2, 0) is 16.1 Å². The van der Waals surface area contributed by atoms with Crippen LogP contribution in [0.1, 0.15) is 64.1 Å². The van der Waals surface area contributed by atoms with Gasteiger partial charge in [-0.05, 0) is 69.0 Å². The van der Waals surface area contributed by atoms with Gasteiger partial charge in [-0.15, -0.1) is 21.5 Å². The fourth-order valence-corrected chi connectivity index (χ4v) is 8.00. The van der Waals surface area contributed by atoms with E-state index in [1.165, 1.54) is 16.0 Å². The van der Waals surface area contributed by atoms with Gasteiger partial charge in [-0.2, -0.15) is 0 Å². The molecule has 2 N–H and O–H groups in total. The Bertz CT molecular complexity index is 1820. The molecule has 1 unspecified atom stereocenters. The van der Waals surface area contributed by atoms with Crippen molar-refractivity contribution in [2.24, 2.45) is 4.99 Å². The van der Waals surface area contributed by atoms with Crippen molar-refractivity contribution in [1.82, 2.24) is 29.9 Å². The third kappa shape index (κ3) is 6.62. The second-order valence-electron chi connectivity index (χ2n) is 12.7. The second-order valence-corrected chi connectivity index (χ2v) is 14.3. The van der Waals surface area contributed by atoms with E-state index >= 15 is 0 Å². The molecule has 0 spiro atoms. The number of nitrogens with one attached hydrogen (secondary N) is 2. The summed E-state index contributed by atoms with van der Waals surface area (Å²) in [6.45, 7) is 12.2. The zero-order valence-electron chi connectivity index (χ0n) is 26.9. The number of thiophene rings is 1. The predicted molar refractivity (Wildman–Crippen MR) is 186 cm³/mol. The minimum absolute atomic E-state index is 0.119. The fourth-order valence-electron chi connectivity index (χ4n) is 6.66. The number of aryl methyl sites for hydroxylation is 2. The lowest BCUT2D eigenvalue weighted by molar-refractivity contribution is -0.133. The maximum Gasteiger partial charge on any atom is 0.249 e. The first-order valence-corrected chi connectivity index (χ1v) is 17.4. The number of anilines is 1. The number of piperazine rings is 1. The van der Waals surface area contributed by atoms with Crippen LogP contribution in [0.25, 0.3) is 5.00 Å². The van der Waals surface area contributed by atoms with Gasteiger partial charge in [0, 0.05) is 72.4 Å². The highest BCUT2D eigenvalue weighted by atomic mass is 35.5. The van der Waals surface area contributed by atoms with Crippen LogP contribution in [-0.4, -0.2) is 80.9 Å². The molecule has 2 aromatic heterocycles. The Labute approximate surface area is 283 Å². The molecule has 5 heterocycles. The molecule has 0 aliphatic carbocycles. The molecule has 3 aliphatic heterocycles. The van der Waals surface area contributed by atoms with E-state index in [-0.39, 0.29) is 23.9 Å². The van der Waals surface area contributed by atoms with E-state index in [9.17, 15) is 9.59 Å². The van der Waals surface area contributed by atoms with Crippen LogP contribution in [0.3, 0.4) is 0 Å². The number of imide groups is 1. The van der Waals surface area contributed by atoms with Gasteiger partial charge in [0.1, 0.15) is 22.9 Å². The molecule has 2 saturated heterocycles. The highest BCUT2D eigenvalue weighted by Crippen LogP contribution is 2.39. The number of carbonyl (C=O) groups is 2. The van der Waals surface area contributed by atoms with Crippen molar-refractivity contribution >= 4 is 46.2 Å². The molecule has 244 valence electrons. The number of amides is 2. The van der Waals surface area contributed by atoms with E-state index < -0.39 is 0 Å². The Morgan fingerprint density at radius 1 is 0.957 bits per heavy atom. The smallest absolute Gasteiger partial charge is 0.249 e. The Morgan fingerprint density at radius 2 is 1.68 bits per heavy atom. The van der Waals surface area contributed by atoms with E-state index in [0.29, 0.717) is 17.9 Å². The van der Waals surface area contributed by atoms with Gasteiger partial charge < -0.3 is 10.2 Å².